The van der Waals surface area contributed by atoms with Crippen molar-refractivity contribution in [1.82, 2.24) is 14.9 Å². The van der Waals surface area contributed by atoms with E-state index in [1.165, 1.54) is 11.1 Å². The van der Waals surface area contributed by atoms with E-state index in [0.717, 1.165) is 28.5 Å². The van der Waals surface area contributed by atoms with Gasteiger partial charge in [-0.05, 0) is 86.5 Å². The van der Waals surface area contributed by atoms with Gasteiger partial charge in [0.2, 0.25) is 0 Å². The lowest BCUT2D eigenvalue weighted by Crippen LogP contribution is -2.58. The van der Waals surface area contributed by atoms with Crippen molar-refractivity contribution in [1.29, 1.82) is 0 Å². The number of likely N-dealkylation sites (N-methyl/N-ethyl adjacent to an activating group) is 1. The number of fused-ring (bicyclic) bond motifs is 4. The molecule has 0 radical (unpaired) electrons. The van der Waals surface area contributed by atoms with Crippen molar-refractivity contribution in [3.63, 3.8) is 0 Å². The number of benzene rings is 1. The molecule has 36 heavy (non-hydrogen) atoms. The van der Waals surface area contributed by atoms with E-state index < -0.39 is 23.9 Å². The van der Waals surface area contributed by atoms with Crippen LogP contribution in [0.15, 0.2) is 59.6 Å². The van der Waals surface area contributed by atoms with Crippen LogP contribution in [0.25, 0.3) is 16.5 Å². The maximum absolute atomic E-state index is 11.7. The topological polar surface area (TPSA) is 110 Å². The van der Waals surface area contributed by atoms with Gasteiger partial charge in [0.15, 0.2) is 0 Å². The van der Waals surface area contributed by atoms with Gasteiger partial charge in [-0.2, -0.15) is 0 Å². The molecule has 7 atom stereocenters. The van der Waals surface area contributed by atoms with Crippen LogP contribution in [-0.4, -0.2) is 79.3 Å². The fourth-order valence-corrected chi connectivity index (χ4v) is 7.45. The van der Waals surface area contributed by atoms with Crippen molar-refractivity contribution in [3.05, 3.63) is 65.2 Å². The summed E-state index contributed by atoms with van der Waals surface area (Å²) in [4.78, 5) is 10.4. The van der Waals surface area contributed by atoms with E-state index in [-0.39, 0.29) is 17.4 Å². The standard InChI is InChI=1S/C29H35N3O4/c1-28-13-25(33)19-11-22-26(34)27(35)24(32(2)3)12-29(22,36)9-8-18(19)21(28)6-5-20(28)16-4-7-23-17(10-16)14-30-15-31-23/h4-5,7,10-11,14-15,21,24-27,33-36H,6,8-9,12-13H2,1-3H3. The van der Waals surface area contributed by atoms with E-state index in [9.17, 15) is 20.4 Å². The van der Waals surface area contributed by atoms with Crippen molar-refractivity contribution in [2.24, 2.45) is 11.3 Å². The maximum Gasteiger partial charge on any atom is 0.116 e. The van der Waals surface area contributed by atoms with Crippen molar-refractivity contribution in [2.75, 3.05) is 14.1 Å². The van der Waals surface area contributed by atoms with Gasteiger partial charge in [-0.3, -0.25) is 0 Å². The molecule has 7 heteroatoms. The largest absolute Gasteiger partial charge is 0.388 e. The highest BCUT2D eigenvalue weighted by atomic mass is 16.3. The highest BCUT2D eigenvalue weighted by molar-refractivity contribution is 5.84. The van der Waals surface area contributed by atoms with Crippen LogP contribution in [0.3, 0.4) is 0 Å². The number of hydrogen-bond donors (Lipinski definition) is 4. The van der Waals surface area contributed by atoms with E-state index in [0.29, 0.717) is 31.3 Å². The Balaban J connectivity index is 1.38. The fraction of sp³-hybridized carbons (Fsp3) is 0.517. The molecule has 4 N–H and O–H groups in total. The molecular weight excluding hydrogens is 454 g/mol. The molecule has 4 aliphatic rings. The summed E-state index contributed by atoms with van der Waals surface area (Å²) in [6, 6.07) is 5.93. The van der Waals surface area contributed by atoms with Crippen LogP contribution in [0.1, 0.15) is 44.6 Å². The van der Waals surface area contributed by atoms with E-state index in [2.05, 4.69) is 35.1 Å². The molecule has 7 unspecified atom stereocenters. The first-order valence-electron chi connectivity index (χ1n) is 12.9. The Morgan fingerprint density at radius 1 is 1.11 bits per heavy atom. The molecule has 1 aromatic carbocycles. The van der Waals surface area contributed by atoms with Gasteiger partial charge in [-0.25, -0.2) is 9.97 Å². The molecule has 1 fully saturated rings. The molecule has 0 saturated heterocycles. The molecule has 0 amide bonds. The molecule has 6 rings (SSSR count). The first-order valence-corrected chi connectivity index (χ1v) is 12.9. The van der Waals surface area contributed by atoms with Crippen LogP contribution in [-0.2, 0) is 0 Å². The molecule has 0 bridgehead atoms. The Labute approximate surface area is 211 Å². The number of nitrogens with zero attached hydrogens (tertiary/aromatic N) is 3. The second-order valence-electron chi connectivity index (χ2n) is 11.6. The van der Waals surface area contributed by atoms with Gasteiger partial charge in [-0.1, -0.05) is 30.7 Å². The summed E-state index contributed by atoms with van der Waals surface area (Å²) in [6.07, 6.45) is 7.55. The Morgan fingerprint density at radius 2 is 1.92 bits per heavy atom. The van der Waals surface area contributed by atoms with E-state index >= 15 is 0 Å². The minimum Gasteiger partial charge on any atom is -0.388 e. The van der Waals surface area contributed by atoms with Crippen molar-refractivity contribution in [3.8, 4) is 0 Å². The molecule has 4 aliphatic carbocycles. The number of aliphatic hydroxyl groups excluding tert-OH is 3. The summed E-state index contributed by atoms with van der Waals surface area (Å²) in [7, 11) is 3.72. The zero-order chi connectivity index (χ0) is 25.4. The third kappa shape index (κ3) is 3.45. The van der Waals surface area contributed by atoms with Crippen LogP contribution < -0.4 is 0 Å². The zero-order valence-corrected chi connectivity index (χ0v) is 21.1. The lowest BCUT2D eigenvalue weighted by Gasteiger charge is -2.46. The van der Waals surface area contributed by atoms with Crippen LogP contribution in [0.5, 0.6) is 0 Å². The molecule has 7 nitrogen and oxygen atoms in total. The Hall–Kier alpha value is -2.42. The number of rotatable bonds is 2. The molecular formula is C29H35N3O4. The smallest absolute Gasteiger partial charge is 0.116 e. The highest BCUT2D eigenvalue weighted by Crippen LogP contribution is 2.60. The first kappa shape index (κ1) is 23.9. The van der Waals surface area contributed by atoms with Crippen molar-refractivity contribution >= 4 is 16.5 Å². The molecule has 0 spiro atoms. The molecule has 190 valence electrons. The number of aliphatic hydroxyl groups is 4. The summed E-state index contributed by atoms with van der Waals surface area (Å²) >= 11 is 0. The van der Waals surface area contributed by atoms with Crippen LogP contribution >= 0.6 is 0 Å². The lowest BCUT2D eigenvalue weighted by atomic mass is 9.61. The summed E-state index contributed by atoms with van der Waals surface area (Å²) < 4.78 is 0. The Bertz CT molecular complexity index is 1320. The number of aromatic nitrogens is 2. The Morgan fingerprint density at radius 3 is 2.69 bits per heavy atom. The summed E-state index contributed by atoms with van der Waals surface area (Å²) in [6.45, 7) is 2.25. The Kier molecular flexibility index (Phi) is 5.52. The first-order chi connectivity index (χ1) is 17.1. The molecule has 1 heterocycles. The normalized spacial score (nSPS) is 38.3. The maximum atomic E-state index is 11.7. The molecule has 0 aliphatic heterocycles. The van der Waals surface area contributed by atoms with E-state index in [4.69, 9.17) is 0 Å². The van der Waals surface area contributed by atoms with Crippen molar-refractivity contribution in [2.45, 2.75) is 69.0 Å². The van der Waals surface area contributed by atoms with Gasteiger partial charge in [0.05, 0.1) is 23.3 Å². The van der Waals surface area contributed by atoms with Crippen LogP contribution in [0.2, 0.25) is 0 Å². The minimum absolute atomic E-state index is 0.209. The van der Waals surface area contributed by atoms with E-state index in [1.807, 2.05) is 37.3 Å². The average molecular weight is 490 g/mol. The van der Waals surface area contributed by atoms with Gasteiger partial charge >= 0.3 is 0 Å². The van der Waals surface area contributed by atoms with Gasteiger partial charge in [0, 0.05) is 23.0 Å². The third-order valence-electron chi connectivity index (χ3n) is 9.43. The fourth-order valence-electron chi connectivity index (χ4n) is 7.45. The van der Waals surface area contributed by atoms with Gasteiger partial charge in [0.1, 0.15) is 12.4 Å². The zero-order valence-electron chi connectivity index (χ0n) is 21.1. The number of allylic oxidation sites excluding steroid dienone is 3. The second-order valence-corrected chi connectivity index (χ2v) is 11.6. The lowest BCUT2D eigenvalue weighted by molar-refractivity contribution is -0.0922. The third-order valence-corrected chi connectivity index (χ3v) is 9.43. The summed E-state index contributed by atoms with van der Waals surface area (Å²) in [5.74, 6) is 0.209. The SMILES string of the molecule is CN(C)C1CC2(O)CCC3=C(C=C2C(O)C1O)C(O)CC1(C)C(c2ccc4ncncc4c2)=CCC31. The van der Waals surface area contributed by atoms with Gasteiger partial charge < -0.3 is 25.3 Å². The van der Waals surface area contributed by atoms with Crippen LogP contribution in [0.4, 0.5) is 0 Å². The molecule has 1 saturated carbocycles. The number of hydrogen-bond acceptors (Lipinski definition) is 7. The molecule has 2 aromatic rings. The highest BCUT2D eigenvalue weighted by Gasteiger charge is 2.53. The van der Waals surface area contributed by atoms with Gasteiger partial charge in [-0.15, -0.1) is 0 Å². The minimum atomic E-state index is -1.21. The second kappa shape index (κ2) is 8.30. The van der Waals surface area contributed by atoms with Crippen molar-refractivity contribution < 1.29 is 20.4 Å². The monoisotopic (exact) mass is 489 g/mol. The quantitative estimate of drug-likeness (QED) is 0.513. The van der Waals surface area contributed by atoms with Crippen LogP contribution in [0, 0.1) is 11.3 Å². The predicted molar refractivity (Wildman–Crippen MR) is 138 cm³/mol. The van der Waals surface area contributed by atoms with Gasteiger partial charge in [0.25, 0.3) is 0 Å². The predicted octanol–water partition coefficient (Wildman–Crippen LogP) is 2.61. The molecule has 1 aromatic heterocycles. The summed E-state index contributed by atoms with van der Waals surface area (Å²) in [5.41, 5.74) is 4.25. The average Bonchev–Trinajstić information content (AvgIpc) is 3.10. The summed E-state index contributed by atoms with van der Waals surface area (Å²) in [5, 5.41) is 46.0. The van der Waals surface area contributed by atoms with E-state index in [1.54, 1.807) is 6.33 Å².